The highest BCUT2D eigenvalue weighted by molar-refractivity contribution is 6.11. The predicted molar refractivity (Wildman–Crippen MR) is 192 cm³/mol. The number of nitrogens with zero attached hydrogens (tertiary/aromatic N) is 3. The van der Waals surface area contributed by atoms with Crippen molar-refractivity contribution < 1.29 is 4.42 Å². The Morgan fingerprint density at radius 1 is 0.489 bits per heavy atom. The van der Waals surface area contributed by atoms with Gasteiger partial charge < -0.3 is 4.42 Å². The maximum Gasteiger partial charge on any atom is 0.235 e. The number of aromatic nitrogens is 3. The molecule has 0 saturated heterocycles. The Balaban J connectivity index is 1.26. The SMILES string of the molecule is CC1(C)c2ccccc2-c2cc3c4ccccc4n(-c4nc(-c5ccccc5)cc(-c5ccc6c(c5)oc5ccccc56)n4)c3cc21. The van der Waals surface area contributed by atoms with Crippen LogP contribution in [0.2, 0.25) is 0 Å². The fourth-order valence-electron chi connectivity index (χ4n) is 7.70. The first kappa shape index (κ1) is 26.2. The summed E-state index contributed by atoms with van der Waals surface area (Å²) in [7, 11) is 0. The first-order valence-corrected chi connectivity index (χ1v) is 16.1. The molecule has 0 aliphatic heterocycles. The molecule has 3 heterocycles. The van der Waals surface area contributed by atoms with Gasteiger partial charge in [-0.25, -0.2) is 9.97 Å². The van der Waals surface area contributed by atoms with Crippen molar-refractivity contribution in [2.75, 3.05) is 0 Å². The number of hydrogen-bond donors (Lipinski definition) is 0. The lowest BCUT2D eigenvalue weighted by molar-refractivity contribution is 0.661. The smallest absolute Gasteiger partial charge is 0.235 e. The van der Waals surface area contributed by atoms with E-state index in [4.69, 9.17) is 14.4 Å². The lowest BCUT2D eigenvalue weighted by Gasteiger charge is -2.21. The molecule has 0 bridgehead atoms. The Hall–Kier alpha value is -6.00. The van der Waals surface area contributed by atoms with Crippen LogP contribution in [0.3, 0.4) is 0 Å². The van der Waals surface area contributed by atoms with Crippen LogP contribution in [0.25, 0.3) is 83.3 Å². The van der Waals surface area contributed by atoms with Crippen LogP contribution < -0.4 is 0 Å². The van der Waals surface area contributed by atoms with Crippen LogP contribution in [-0.2, 0) is 5.41 Å². The third-order valence-corrected chi connectivity index (χ3v) is 10.0. The zero-order valence-corrected chi connectivity index (χ0v) is 26.0. The van der Waals surface area contributed by atoms with E-state index in [2.05, 4.69) is 140 Å². The summed E-state index contributed by atoms with van der Waals surface area (Å²) in [5, 5.41) is 4.60. The van der Waals surface area contributed by atoms with E-state index in [1.165, 1.54) is 33.0 Å². The van der Waals surface area contributed by atoms with Crippen molar-refractivity contribution in [1.82, 2.24) is 14.5 Å². The van der Waals surface area contributed by atoms with Crippen molar-refractivity contribution in [3.8, 4) is 39.6 Å². The third-order valence-electron chi connectivity index (χ3n) is 10.0. The molecular weight excluding hydrogens is 574 g/mol. The Bertz CT molecular complexity index is 2710. The second-order valence-electron chi connectivity index (χ2n) is 13.1. The van der Waals surface area contributed by atoms with Crippen LogP contribution in [0.5, 0.6) is 0 Å². The summed E-state index contributed by atoms with van der Waals surface area (Å²) < 4.78 is 8.54. The maximum absolute atomic E-state index is 6.29. The summed E-state index contributed by atoms with van der Waals surface area (Å²) in [4.78, 5) is 10.6. The van der Waals surface area contributed by atoms with Gasteiger partial charge in [0.1, 0.15) is 11.2 Å². The molecule has 0 amide bonds. The first-order valence-electron chi connectivity index (χ1n) is 16.1. The summed E-state index contributed by atoms with van der Waals surface area (Å²) in [6, 6.07) is 49.2. The van der Waals surface area contributed by atoms with E-state index in [-0.39, 0.29) is 5.41 Å². The molecule has 0 spiro atoms. The lowest BCUT2D eigenvalue weighted by Crippen LogP contribution is -2.15. The molecule has 0 radical (unpaired) electrons. The highest BCUT2D eigenvalue weighted by atomic mass is 16.3. The maximum atomic E-state index is 6.29. The zero-order chi connectivity index (χ0) is 31.3. The van der Waals surface area contributed by atoms with Crippen LogP contribution in [0.4, 0.5) is 0 Å². The minimum atomic E-state index is -0.124. The number of fused-ring (bicyclic) bond motifs is 9. The van der Waals surface area contributed by atoms with Gasteiger partial charge in [0.25, 0.3) is 0 Å². The largest absolute Gasteiger partial charge is 0.456 e. The molecule has 0 fully saturated rings. The normalized spacial score (nSPS) is 13.5. The van der Waals surface area contributed by atoms with Crippen LogP contribution in [0, 0.1) is 0 Å². The van der Waals surface area contributed by atoms with Gasteiger partial charge in [-0.2, -0.15) is 0 Å². The van der Waals surface area contributed by atoms with E-state index in [1.54, 1.807) is 0 Å². The number of para-hydroxylation sites is 2. The summed E-state index contributed by atoms with van der Waals surface area (Å²) >= 11 is 0. The summed E-state index contributed by atoms with van der Waals surface area (Å²) in [5.74, 6) is 0.644. The Kier molecular flexibility index (Phi) is 5.31. The van der Waals surface area contributed by atoms with Gasteiger partial charge >= 0.3 is 0 Å². The van der Waals surface area contributed by atoms with Crippen molar-refractivity contribution in [1.29, 1.82) is 0 Å². The second-order valence-corrected chi connectivity index (χ2v) is 13.1. The molecule has 9 aromatic rings. The molecular formula is C43H29N3O. The van der Waals surface area contributed by atoms with Crippen molar-refractivity contribution in [2.24, 2.45) is 0 Å². The fraction of sp³-hybridized carbons (Fsp3) is 0.0698. The highest BCUT2D eigenvalue weighted by Gasteiger charge is 2.36. The molecule has 4 nitrogen and oxygen atoms in total. The topological polar surface area (TPSA) is 43.9 Å². The standard InChI is InChI=1S/C43H29N3O/c1-43(2)34-17-9-6-14-28(34)32-23-33-29-15-7-10-18-38(29)46(39(33)24-35(32)43)42-44-36(26-12-4-3-5-13-26)25-37(45-42)27-20-21-31-30-16-8-11-19-40(30)47-41(31)22-27/h3-25H,1-2H3. The fourth-order valence-corrected chi connectivity index (χ4v) is 7.70. The van der Waals surface area contributed by atoms with Crippen LogP contribution >= 0.6 is 0 Å². The molecule has 222 valence electrons. The monoisotopic (exact) mass is 603 g/mol. The van der Waals surface area contributed by atoms with Crippen molar-refractivity contribution in [3.05, 3.63) is 151 Å². The van der Waals surface area contributed by atoms with Crippen molar-refractivity contribution >= 4 is 43.7 Å². The molecule has 0 N–H and O–H groups in total. The molecule has 10 rings (SSSR count). The van der Waals surface area contributed by atoms with Gasteiger partial charge in [-0.15, -0.1) is 0 Å². The zero-order valence-electron chi connectivity index (χ0n) is 26.0. The Morgan fingerprint density at radius 3 is 2.06 bits per heavy atom. The van der Waals surface area contributed by atoms with E-state index < -0.39 is 0 Å². The average molecular weight is 604 g/mol. The van der Waals surface area contributed by atoms with Gasteiger partial charge in [0.2, 0.25) is 5.95 Å². The molecule has 6 aromatic carbocycles. The van der Waals surface area contributed by atoms with Crippen LogP contribution in [0.15, 0.2) is 144 Å². The van der Waals surface area contributed by atoms with E-state index in [0.717, 1.165) is 55.5 Å². The van der Waals surface area contributed by atoms with Gasteiger partial charge in [-0.3, -0.25) is 4.57 Å². The Labute approximate surface area is 271 Å². The lowest BCUT2D eigenvalue weighted by atomic mass is 9.82. The molecule has 4 heteroatoms. The number of rotatable bonds is 3. The van der Waals surface area contributed by atoms with Crippen LogP contribution in [0.1, 0.15) is 25.0 Å². The quantitative estimate of drug-likeness (QED) is 0.202. The number of furan rings is 1. The minimum Gasteiger partial charge on any atom is -0.456 e. The number of benzene rings is 6. The van der Waals surface area contributed by atoms with E-state index in [0.29, 0.717) is 5.95 Å². The molecule has 3 aromatic heterocycles. The van der Waals surface area contributed by atoms with E-state index >= 15 is 0 Å². The summed E-state index contributed by atoms with van der Waals surface area (Å²) in [6.45, 7) is 4.66. The second kappa shape index (κ2) is 9.51. The summed E-state index contributed by atoms with van der Waals surface area (Å²) in [6.07, 6.45) is 0. The van der Waals surface area contributed by atoms with E-state index in [9.17, 15) is 0 Å². The van der Waals surface area contributed by atoms with Gasteiger partial charge in [0.15, 0.2) is 0 Å². The van der Waals surface area contributed by atoms with E-state index in [1.807, 2.05) is 18.2 Å². The molecule has 0 saturated carbocycles. The number of hydrogen-bond acceptors (Lipinski definition) is 3. The van der Waals surface area contributed by atoms with Gasteiger partial charge in [0, 0.05) is 38.1 Å². The molecule has 0 atom stereocenters. The highest BCUT2D eigenvalue weighted by Crippen LogP contribution is 2.51. The van der Waals surface area contributed by atoms with Crippen molar-refractivity contribution in [2.45, 2.75) is 19.3 Å². The average Bonchev–Trinajstić information content (AvgIpc) is 3.73. The molecule has 1 aliphatic carbocycles. The first-order chi connectivity index (χ1) is 23.0. The van der Waals surface area contributed by atoms with Gasteiger partial charge in [-0.1, -0.05) is 111 Å². The minimum absolute atomic E-state index is 0.124. The van der Waals surface area contributed by atoms with Crippen molar-refractivity contribution in [3.63, 3.8) is 0 Å². The van der Waals surface area contributed by atoms with Crippen LogP contribution in [-0.4, -0.2) is 14.5 Å². The molecule has 47 heavy (non-hydrogen) atoms. The Morgan fingerprint density at radius 2 is 1.19 bits per heavy atom. The molecule has 0 unspecified atom stereocenters. The summed E-state index contributed by atoms with van der Waals surface area (Å²) in [5.41, 5.74) is 12.8. The van der Waals surface area contributed by atoms with Gasteiger partial charge in [-0.05, 0) is 64.7 Å². The third kappa shape index (κ3) is 3.76. The molecule has 1 aliphatic rings. The van der Waals surface area contributed by atoms with Gasteiger partial charge in [0.05, 0.1) is 22.4 Å². The predicted octanol–water partition coefficient (Wildman–Crippen LogP) is 11.1.